The minimum atomic E-state index is -5.71. The van der Waals surface area contributed by atoms with Crippen LogP contribution in [0.3, 0.4) is 0 Å². The number of phenols is 1. The first-order chi connectivity index (χ1) is 30.1. The molecule has 2 unspecified atom stereocenters. The van der Waals surface area contributed by atoms with Crippen LogP contribution in [0.2, 0.25) is 0 Å². The number of carbonyl (C=O) groups is 3. The summed E-state index contributed by atoms with van der Waals surface area (Å²) >= 11 is 4.07. The molecule has 3 aliphatic rings. The van der Waals surface area contributed by atoms with Crippen molar-refractivity contribution in [2.45, 2.75) is 24.5 Å². The maximum absolute atomic E-state index is 13.2. The van der Waals surface area contributed by atoms with Crippen LogP contribution in [0.4, 0.5) is 10.6 Å². The highest BCUT2D eigenvalue weighted by Gasteiger charge is 2.49. The first-order valence-electron chi connectivity index (χ1n) is 17.9. The molecule has 0 radical (unpaired) electrons. The van der Waals surface area contributed by atoms with Crippen LogP contribution in [0.25, 0.3) is 44.6 Å². The molecule has 338 valence electrons. The van der Waals surface area contributed by atoms with Crippen LogP contribution in [-0.4, -0.2) is 110 Å². The first kappa shape index (κ1) is 46.2. The summed E-state index contributed by atoms with van der Waals surface area (Å²) in [6.45, 7) is -6.56. The zero-order valence-corrected chi connectivity index (χ0v) is 35.4. The number of ether oxygens (including phenoxy) is 2. The normalized spacial score (nSPS) is 19.6. The molecule has 0 bridgehead atoms. The van der Waals surface area contributed by atoms with E-state index in [0.717, 1.165) is 18.7 Å². The molecule has 11 N–H and O–H groups in total. The SMILES string of the molecule is Nc1ncnc2c1ncn2[C@@H]1O[C@H](COP(=O)(O)OP(=O)(O)OP(O)(O)=S)[C@@H](OC(=O)NCCNC(=O)c2ccc(-c3c4ccc(=O)cc-4oc4cc(O)ccc34)c(C(=O)O)c2)[C@H]1O. The van der Waals surface area contributed by atoms with Crippen LogP contribution < -0.4 is 21.8 Å². The third-order valence-electron chi connectivity index (χ3n) is 9.17. The number of imidazole rings is 1. The van der Waals surface area contributed by atoms with Gasteiger partial charge in [0.15, 0.2) is 29.2 Å². The number of aromatic hydroxyl groups is 1. The van der Waals surface area contributed by atoms with Gasteiger partial charge in [-0.3, -0.25) is 18.7 Å². The summed E-state index contributed by atoms with van der Waals surface area (Å²) in [4.78, 5) is 101. The summed E-state index contributed by atoms with van der Waals surface area (Å²) in [7, 11) is -11.3. The number of hydrogen-bond acceptors (Lipinski definition) is 19. The number of phosphoric acid groups is 2. The number of aromatic nitrogens is 4. The van der Waals surface area contributed by atoms with E-state index in [1.807, 2.05) is 0 Å². The van der Waals surface area contributed by atoms with Crippen molar-refractivity contribution in [1.29, 1.82) is 0 Å². The molecule has 2 aromatic heterocycles. The molecular weight excluding hydrogens is 935 g/mol. The number of phenolic OH excluding ortho intramolecular Hbond substituents is 1. The van der Waals surface area contributed by atoms with Crippen LogP contribution >= 0.6 is 22.4 Å². The van der Waals surface area contributed by atoms with E-state index in [1.54, 1.807) is 0 Å². The van der Waals surface area contributed by atoms with Crippen molar-refractivity contribution in [3.05, 3.63) is 88.6 Å². The van der Waals surface area contributed by atoms with Gasteiger partial charge in [0.2, 0.25) is 0 Å². The number of alkyl carbamates (subject to hydrolysis) is 1. The van der Waals surface area contributed by atoms with Gasteiger partial charge in [-0.15, -0.1) is 0 Å². The summed E-state index contributed by atoms with van der Waals surface area (Å²) in [5.41, 5.74) is 6.26. The van der Waals surface area contributed by atoms with E-state index >= 15 is 0 Å². The molecule has 1 fully saturated rings. The fraction of sp³-hybridized carbons (Fsp3) is 0.206. The molecule has 7 rings (SSSR count). The van der Waals surface area contributed by atoms with Crippen LogP contribution in [0, 0.1) is 0 Å². The van der Waals surface area contributed by atoms with Crippen molar-refractivity contribution in [1.82, 2.24) is 30.2 Å². The fourth-order valence-electron chi connectivity index (χ4n) is 6.59. The Morgan fingerprint density at radius 3 is 2.39 bits per heavy atom. The van der Waals surface area contributed by atoms with E-state index in [4.69, 9.17) is 33.9 Å². The number of aromatic carboxylic acids is 1. The number of fused-ring (bicyclic) bond motifs is 3. The maximum atomic E-state index is 13.2. The van der Waals surface area contributed by atoms with Gasteiger partial charge in [-0.1, -0.05) is 6.07 Å². The Morgan fingerprint density at radius 2 is 1.66 bits per heavy atom. The highest BCUT2D eigenvalue weighted by molar-refractivity contribution is 8.08. The number of benzene rings is 3. The number of amides is 2. The Kier molecular flexibility index (Phi) is 13.0. The summed E-state index contributed by atoms with van der Waals surface area (Å²) in [6.07, 6.45) is -5.72. The average molecular weight is 968 g/mol. The number of hydrogen-bond donors (Lipinski definition) is 10. The fourth-order valence-corrected chi connectivity index (χ4v) is 10.4. The molecule has 26 nitrogen and oxygen atoms in total. The van der Waals surface area contributed by atoms with Crippen molar-refractivity contribution >= 4 is 80.1 Å². The molecule has 6 atom stereocenters. The van der Waals surface area contributed by atoms with Gasteiger partial charge in [0, 0.05) is 47.3 Å². The number of nitrogen functional groups attached to an aromatic ring is 1. The Labute approximate surface area is 361 Å². The minimum Gasteiger partial charge on any atom is -0.508 e. The lowest BCUT2D eigenvalue weighted by atomic mass is 9.90. The predicted octanol–water partition coefficient (Wildman–Crippen LogP) is 1.93. The van der Waals surface area contributed by atoms with Crippen molar-refractivity contribution in [3.8, 4) is 28.2 Å². The third kappa shape index (κ3) is 10.3. The van der Waals surface area contributed by atoms with Gasteiger partial charge in [-0.05, 0) is 53.8 Å². The smallest absolute Gasteiger partial charge is 0.488 e. The van der Waals surface area contributed by atoms with E-state index in [0.29, 0.717) is 16.5 Å². The highest BCUT2D eigenvalue weighted by atomic mass is 32.5. The topological polar surface area (TPSA) is 397 Å². The number of carboxylic acids is 1. The Hall–Kier alpha value is -5.76. The molecular formula is C34H32N7O19P3S. The molecule has 2 aromatic carbocycles. The molecule has 4 heterocycles. The monoisotopic (exact) mass is 967 g/mol. The minimum absolute atomic E-state index is 0.0403. The number of carboxylic acid groups (broad SMARTS) is 1. The lowest BCUT2D eigenvalue weighted by molar-refractivity contribution is -0.0508. The molecule has 2 amide bonds. The lowest BCUT2D eigenvalue weighted by Crippen LogP contribution is -2.42. The number of nitrogens with two attached hydrogens (primary N) is 1. The number of anilines is 1. The van der Waals surface area contributed by atoms with Gasteiger partial charge < -0.3 is 65.2 Å². The van der Waals surface area contributed by atoms with E-state index in [-0.39, 0.29) is 69.3 Å². The Morgan fingerprint density at radius 1 is 0.922 bits per heavy atom. The van der Waals surface area contributed by atoms with Gasteiger partial charge in [0.1, 0.15) is 41.1 Å². The van der Waals surface area contributed by atoms with E-state index in [1.165, 1.54) is 53.1 Å². The second-order valence-electron chi connectivity index (χ2n) is 13.5. The van der Waals surface area contributed by atoms with Crippen LogP contribution in [0.15, 0.2) is 76.5 Å². The zero-order chi connectivity index (χ0) is 46.3. The molecule has 30 heteroatoms. The number of aliphatic hydroxyl groups excluding tert-OH is 1. The number of carbonyl (C=O) groups excluding carboxylic acids is 2. The standard InChI is InChI=1S/C34H32N7O19P3S/c35-29-26-30(39-13-38-29)41(14-40-26)32-27(44)28(24(57-32)12-55-61(49,50)59-62(51,52)60-63(53,54)64)58-34(48)37-8-7-36-31(45)15-1-4-18(21(9-15)33(46)47)25-19-5-2-16(42)10-22(19)56-23-11-17(43)3-6-20(23)25/h1-6,9-11,13-14,24,27-28,32,42,44H,7-8,12H2,(H,36,45)(H,37,48)(H,46,47)(H,49,50)(H,51,52)(H2,35,38,39)(H2,53,54,64)/t24-,27-,28-,32-/m1/s1. The Bertz CT molecular complexity index is 3000. The highest BCUT2D eigenvalue weighted by Crippen LogP contribution is 2.66. The zero-order valence-electron chi connectivity index (χ0n) is 31.9. The van der Waals surface area contributed by atoms with E-state index < -0.39 is 71.5 Å². The number of nitrogens with one attached hydrogen (secondary N) is 2. The second kappa shape index (κ2) is 18.0. The van der Waals surface area contributed by atoms with E-state index in [9.17, 15) is 53.4 Å². The second-order valence-corrected chi connectivity index (χ2v) is 19.3. The maximum Gasteiger partial charge on any atom is 0.488 e. The molecule has 2 aliphatic heterocycles. The number of phosphoric ester groups is 1. The molecule has 1 aliphatic carbocycles. The van der Waals surface area contributed by atoms with Crippen LogP contribution in [0.1, 0.15) is 26.9 Å². The molecule has 64 heavy (non-hydrogen) atoms. The van der Waals surface area contributed by atoms with Crippen LogP contribution in [0.5, 0.6) is 5.75 Å². The quantitative estimate of drug-likeness (QED) is 0.0399. The largest absolute Gasteiger partial charge is 0.508 e. The van der Waals surface area contributed by atoms with Crippen molar-refractivity contribution in [3.63, 3.8) is 0 Å². The number of rotatable bonds is 15. The van der Waals surface area contributed by atoms with Gasteiger partial charge in [-0.25, -0.2) is 38.0 Å². The summed E-state index contributed by atoms with van der Waals surface area (Å²) in [5, 5.41) is 36.8. The van der Waals surface area contributed by atoms with Crippen LogP contribution in [-0.2, 0) is 43.6 Å². The summed E-state index contributed by atoms with van der Waals surface area (Å²) in [6, 6.07) is 12.0. The molecule has 0 spiro atoms. The van der Waals surface area contributed by atoms with Gasteiger partial charge >= 0.3 is 34.4 Å². The third-order valence-corrected chi connectivity index (χ3v) is 13.6. The van der Waals surface area contributed by atoms with Crippen molar-refractivity contribution < 1.29 is 85.4 Å². The van der Waals surface area contributed by atoms with E-state index in [2.05, 4.69) is 46.0 Å². The summed E-state index contributed by atoms with van der Waals surface area (Å²) < 4.78 is 55.3. The van der Waals surface area contributed by atoms with Crippen molar-refractivity contribution in [2.75, 3.05) is 25.4 Å². The lowest BCUT2D eigenvalue weighted by Gasteiger charge is -2.22. The molecule has 1 saturated heterocycles. The van der Waals surface area contributed by atoms with Gasteiger partial charge in [0.25, 0.3) is 5.91 Å². The molecule has 0 saturated carbocycles. The number of nitrogens with zero attached hydrogens (tertiary/aromatic N) is 4. The summed E-state index contributed by atoms with van der Waals surface area (Å²) in [5.74, 6) is -2.23. The first-order valence-corrected chi connectivity index (χ1v) is 23.6. The van der Waals surface area contributed by atoms with Gasteiger partial charge in [0.05, 0.1) is 18.5 Å². The predicted molar refractivity (Wildman–Crippen MR) is 220 cm³/mol. The van der Waals surface area contributed by atoms with Gasteiger partial charge in [-0.2, -0.15) is 4.31 Å². The molecule has 4 aromatic rings. The Balaban J connectivity index is 1.03. The number of aliphatic hydroxyl groups is 1. The average Bonchev–Trinajstić information content (AvgIpc) is 3.76. The van der Waals surface area contributed by atoms with Crippen molar-refractivity contribution in [2.24, 2.45) is 0 Å².